The molecule has 0 bridgehead atoms. The number of benzene rings is 3. The molecule has 2 heterocycles. The van der Waals surface area contributed by atoms with E-state index in [-0.39, 0.29) is 19.1 Å². The van der Waals surface area contributed by atoms with Gasteiger partial charge >= 0.3 is 7.60 Å². The van der Waals surface area contributed by atoms with E-state index >= 15 is 0 Å². The molecule has 192 valence electrons. The molecular formula is C30H28N3O4P. The van der Waals surface area contributed by atoms with Crippen LogP contribution in [0.5, 0.6) is 0 Å². The van der Waals surface area contributed by atoms with Gasteiger partial charge in [-0.15, -0.1) is 0 Å². The van der Waals surface area contributed by atoms with E-state index in [1.807, 2.05) is 72.8 Å². The number of aromatic nitrogens is 1. The Labute approximate surface area is 222 Å². The number of hydrogen-bond donors (Lipinski definition) is 2. The number of anilines is 2. The van der Waals surface area contributed by atoms with Gasteiger partial charge in [0.15, 0.2) is 0 Å². The Morgan fingerprint density at radius 2 is 1.61 bits per heavy atom. The molecular weight excluding hydrogens is 497 g/mol. The molecule has 3 aromatic carbocycles. The van der Waals surface area contributed by atoms with Crippen molar-refractivity contribution in [3.63, 3.8) is 0 Å². The summed E-state index contributed by atoms with van der Waals surface area (Å²) in [5.74, 6) is -0.253. The summed E-state index contributed by atoms with van der Waals surface area (Å²) in [6.07, 6.45) is 1.76. The van der Waals surface area contributed by atoms with Gasteiger partial charge in [0.2, 0.25) is 0 Å². The molecule has 2 N–H and O–H groups in total. The van der Waals surface area contributed by atoms with E-state index in [0.29, 0.717) is 27.8 Å². The summed E-state index contributed by atoms with van der Waals surface area (Å²) in [5, 5.41) is 6.81. The third-order valence-corrected chi connectivity index (χ3v) is 8.20. The first-order valence-electron chi connectivity index (χ1n) is 12.5. The zero-order valence-electron chi connectivity index (χ0n) is 21.2. The topological polar surface area (TPSA) is 89.6 Å². The average Bonchev–Trinajstić information content (AvgIpc) is 3.28. The first-order chi connectivity index (χ1) is 18.5. The normalized spacial score (nSPS) is 14.1. The van der Waals surface area contributed by atoms with E-state index in [0.717, 1.165) is 22.5 Å². The van der Waals surface area contributed by atoms with Crippen molar-refractivity contribution in [1.82, 2.24) is 4.98 Å². The van der Waals surface area contributed by atoms with Crippen LogP contribution in [-0.2, 0) is 18.4 Å². The molecule has 0 atom stereocenters. The molecule has 0 saturated heterocycles. The van der Waals surface area contributed by atoms with Gasteiger partial charge < -0.3 is 19.7 Å². The van der Waals surface area contributed by atoms with E-state index in [1.54, 1.807) is 38.2 Å². The van der Waals surface area contributed by atoms with Crippen LogP contribution in [-0.4, -0.2) is 24.1 Å². The maximum Gasteiger partial charge on any atom is 0.361 e. The Kier molecular flexibility index (Phi) is 7.52. The molecule has 1 aromatic heterocycles. The van der Waals surface area contributed by atoms with Crippen molar-refractivity contribution in [2.45, 2.75) is 13.8 Å². The minimum Gasteiger partial charge on any atom is -0.354 e. The van der Waals surface area contributed by atoms with Crippen molar-refractivity contribution in [3.05, 3.63) is 108 Å². The summed E-state index contributed by atoms with van der Waals surface area (Å²) < 4.78 is 24.6. The predicted molar refractivity (Wildman–Crippen MR) is 152 cm³/mol. The van der Waals surface area contributed by atoms with Gasteiger partial charge in [-0.2, -0.15) is 0 Å². The lowest BCUT2D eigenvalue weighted by Gasteiger charge is -2.18. The molecule has 1 amide bonds. The van der Waals surface area contributed by atoms with Crippen LogP contribution in [0.25, 0.3) is 22.5 Å². The number of nitrogens with one attached hydrogen (secondary N) is 2. The second kappa shape index (κ2) is 11.2. The van der Waals surface area contributed by atoms with Crippen LogP contribution in [0.15, 0.2) is 97.2 Å². The molecule has 0 aliphatic carbocycles. The minimum atomic E-state index is -3.54. The van der Waals surface area contributed by atoms with Crippen molar-refractivity contribution >= 4 is 41.5 Å². The zero-order chi connectivity index (χ0) is 26.5. The molecule has 8 heteroatoms. The highest BCUT2D eigenvalue weighted by atomic mass is 31.2. The summed E-state index contributed by atoms with van der Waals surface area (Å²) in [6.45, 7) is 4.01. The Morgan fingerprint density at radius 3 is 2.26 bits per heavy atom. The Hall–Kier alpha value is -4.03. The number of pyridine rings is 1. The maximum absolute atomic E-state index is 13.5. The standard InChI is InChI=1S/C30H28N3O4P/c1-3-36-38(35,37-4-2)24-17-18-27-25(20-24)28(30(34)33-27)29(22-10-6-5-7-11-22)32-23-15-13-21(14-16-23)26-12-8-9-19-31-26/h5-20,32H,3-4H2,1-2H3,(H,33,34)/b29-28-. The van der Waals surface area contributed by atoms with Gasteiger partial charge in [-0.1, -0.05) is 48.5 Å². The number of amides is 1. The van der Waals surface area contributed by atoms with Crippen LogP contribution in [0.2, 0.25) is 0 Å². The Balaban J connectivity index is 1.60. The second-order valence-electron chi connectivity index (χ2n) is 8.55. The van der Waals surface area contributed by atoms with Gasteiger partial charge in [0.25, 0.3) is 5.91 Å². The third-order valence-electron chi connectivity index (χ3n) is 6.09. The average molecular weight is 526 g/mol. The Morgan fingerprint density at radius 1 is 0.895 bits per heavy atom. The van der Waals surface area contributed by atoms with Gasteiger partial charge in [0.1, 0.15) is 0 Å². The summed E-state index contributed by atoms with van der Waals surface area (Å²) in [4.78, 5) is 17.8. The van der Waals surface area contributed by atoms with Gasteiger partial charge in [-0.05, 0) is 61.9 Å². The van der Waals surface area contributed by atoms with Crippen LogP contribution in [0, 0.1) is 0 Å². The molecule has 1 aliphatic heterocycles. The summed E-state index contributed by atoms with van der Waals surface area (Å²) in [5.41, 5.74) is 5.85. The first-order valence-corrected chi connectivity index (χ1v) is 14.0. The van der Waals surface area contributed by atoms with Crippen LogP contribution >= 0.6 is 7.60 Å². The first kappa shape index (κ1) is 25.6. The molecule has 0 saturated carbocycles. The maximum atomic E-state index is 13.5. The third kappa shape index (κ3) is 5.18. The lowest BCUT2D eigenvalue weighted by Crippen LogP contribution is -2.12. The second-order valence-corrected chi connectivity index (χ2v) is 10.6. The number of carbonyl (C=O) groups excluding carboxylic acids is 1. The molecule has 0 spiro atoms. The highest BCUT2D eigenvalue weighted by molar-refractivity contribution is 7.62. The number of nitrogens with zero attached hydrogens (tertiary/aromatic N) is 1. The van der Waals surface area contributed by atoms with Crippen molar-refractivity contribution in [2.24, 2.45) is 0 Å². The molecule has 0 unspecified atom stereocenters. The monoisotopic (exact) mass is 525 g/mol. The minimum absolute atomic E-state index is 0.236. The quantitative estimate of drug-likeness (QED) is 0.190. The van der Waals surface area contributed by atoms with Gasteiger partial charge in [-0.25, -0.2) is 0 Å². The number of hydrogen-bond acceptors (Lipinski definition) is 6. The van der Waals surface area contributed by atoms with E-state index in [9.17, 15) is 9.36 Å². The van der Waals surface area contributed by atoms with Crippen molar-refractivity contribution in [1.29, 1.82) is 0 Å². The highest BCUT2D eigenvalue weighted by Gasteiger charge is 2.33. The van der Waals surface area contributed by atoms with Crippen molar-refractivity contribution in [3.8, 4) is 11.3 Å². The highest BCUT2D eigenvalue weighted by Crippen LogP contribution is 2.48. The van der Waals surface area contributed by atoms with Crippen LogP contribution in [0.3, 0.4) is 0 Å². The van der Waals surface area contributed by atoms with Crippen molar-refractivity contribution < 1.29 is 18.4 Å². The van der Waals surface area contributed by atoms with Crippen LogP contribution < -0.4 is 15.9 Å². The van der Waals surface area contributed by atoms with E-state index in [2.05, 4.69) is 15.6 Å². The molecule has 7 nitrogen and oxygen atoms in total. The fraction of sp³-hybridized carbons (Fsp3) is 0.133. The molecule has 5 rings (SSSR count). The zero-order valence-corrected chi connectivity index (χ0v) is 22.1. The fourth-order valence-electron chi connectivity index (χ4n) is 4.39. The summed E-state index contributed by atoms with van der Waals surface area (Å²) >= 11 is 0. The Bertz CT molecular complexity index is 1510. The van der Waals surface area contributed by atoms with E-state index in [4.69, 9.17) is 9.05 Å². The molecule has 38 heavy (non-hydrogen) atoms. The van der Waals surface area contributed by atoms with Crippen molar-refractivity contribution in [2.75, 3.05) is 23.8 Å². The predicted octanol–water partition coefficient (Wildman–Crippen LogP) is 6.57. The van der Waals surface area contributed by atoms with Gasteiger partial charge in [-0.3, -0.25) is 14.3 Å². The van der Waals surface area contributed by atoms with Crippen LogP contribution in [0.1, 0.15) is 25.0 Å². The van der Waals surface area contributed by atoms with E-state index in [1.165, 1.54) is 0 Å². The number of fused-ring (bicyclic) bond motifs is 1. The number of rotatable bonds is 9. The van der Waals surface area contributed by atoms with E-state index < -0.39 is 7.60 Å². The SMILES string of the molecule is CCOP(=O)(OCC)c1ccc2c(c1)/C(=C(/Nc1ccc(-c3ccccn3)cc1)c1ccccc1)C(=O)N2. The molecule has 0 fully saturated rings. The summed E-state index contributed by atoms with van der Waals surface area (Å²) in [6, 6.07) is 28.5. The lowest BCUT2D eigenvalue weighted by atomic mass is 10.00. The lowest BCUT2D eigenvalue weighted by molar-refractivity contribution is -0.110. The summed E-state index contributed by atoms with van der Waals surface area (Å²) in [7, 11) is -3.54. The molecule has 4 aromatic rings. The van der Waals surface area contributed by atoms with Gasteiger partial charge in [0.05, 0.1) is 35.5 Å². The van der Waals surface area contributed by atoms with Crippen LogP contribution in [0.4, 0.5) is 11.4 Å². The molecule has 1 aliphatic rings. The molecule has 0 radical (unpaired) electrons. The fourth-order valence-corrected chi connectivity index (χ4v) is 5.98. The smallest absolute Gasteiger partial charge is 0.354 e. The number of carbonyl (C=O) groups is 1. The van der Waals surface area contributed by atoms with Gasteiger partial charge in [0, 0.05) is 28.7 Å². The largest absolute Gasteiger partial charge is 0.361 e.